The normalized spacial score (nSPS) is 16.9. The van der Waals surface area contributed by atoms with Crippen molar-refractivity contribution in [2.24, 2.45) is 5.73 Å². The lowest BCUT2D eigenvalue weighted by Crippen LogP contribution is -2.33. The van der Waals surface area contributed by atoms with Crippen molar-refractivity contribution in [2.75, 3.05) is 20.2 Å². The van der Waals surface area contributed by atoms with E-state index in [4.69, 9.17) is 10.5 Å². The summed E-state index contributed by atoms with van der Waals surface area (Å²) in [6.07, 6.45) is 8.11. The number of nitrogens with two attached hydrogens (primary N) is 1. The molecule has 0 amide bonds. The van der Waals surface area contributed by atoms with Gasteiger partial charge in [-0.15, -0.1) is 24.8 Å². The first kappa shape index (κ1) is 29.2. The molecule has 1 aliphatic rings. The average molecular weight is 501 g/mol. The van der Waals surface area contributed by atoms with Crippen molar-refractivity contribution in [3.05, 3.63) is 47.0 Å². The van der Waals surface area contributed by atoms with Gasteiger partial charge in [0, 0.05) is 11.6 Å². The van der Waals surface area contributed by atoms with Gasteiger partial charge in [0.25, 0.3) is 0 Å². The number of rotatable bonds is 11. The van der Waals surface area contributed by atoms with Crippen LogP contribution >= 0.6 is 24.8 Å². The molecule has 0 aliphatic heterocycles. The Bertz CT molecular complexity index is 867. The van der Waals surface area contributed by atoms with Crippen LogP contribution in [0.3, 0.4) is 0 Å². The fraction of sp³-hybridized carbons (Fsp3) is 0.520. The highest BCUT2D eigenvalue weighted by atomic mass is 35.5. The van der Waals surface area contributed by atoms with Gasteiger partial charge in [-0.25, -0.2) is 0 Å². The summed E-state index contributed by atoms with van der Waals surface area (Å²) < 4.78 is 5.15. The molecule has 6 nitrogen and oxygen atoms in total. The molecule has 0 bridgehead atoms. The van der Waals surface area contributed by atoms with Gasteiger partial charge >= 0.3 is 0 Å². The number of nitrogens with one attached hydrogen (secondary N) is 1. The molecule has 2 unspecified atom stereocenters. The van der Waals surface area contributed by atoms with E-state index in [2.05, 4.69) is 5.32 Å². The van der Waals surface area contributed by atoms with Crippen molar-refractivity contribution >= 4 is 24.8 Å². The molecule has 0 fully saturated rings. The summed E-state index contributed by atoms with van der Waals surface area (Å²) in [6.45, 7) is 1.89. The fourth-order valence-electron chi connectivity index (χ4n) is 4.57. The van der Waals surface area contributed by atoms with E-state index < -0.39 is 0 Å². The smallest absolute Gasteiger partial charge is 0.160 e. The number of ether oxygens (including phenoxy) is 1. The topological polar surface area (TPSA) is 108 Å². The molecule has 0 radical (unpaired) electrons. The van der Waals surface area contributed by atoms with Gasteiger partial charge in [-0.1, -0.05) is 31.4 Å². The van der Waals surface area contributed by atoms with Crippen LogP contribution in [0.2, 0.25) is 0 Å². The van der Waals surface area contributed by atoms with Crippen molar-refractivity contribution in [1.82, 2.24) is 5.32 Å². The maximum atomic E-state index is 10.2. The SMILES string of the molecule is COc1cc(CCNCCCCCCC2c3ccc(O)c(O)c3CCC2N)ccc1O.Cl.Cl. The fourth-order valence-corrected chi connectivity index (χ4v) is 4.57. The molecule has 0 saturated heterocycles. The number of phenols is 3. The summed E-state index contributed by atoms with van der Waals surface area (Å²) in [7, 11) is 1.56. The standard InChI is InChI=1S/C25H36N2O4.2ClH/c1-31-24-16-17(7-11-22(24)28)13-15-27-14-5-3-2-4-6-19-18-9-12-23(29)25(30)20(18)8-10-21(19)26;;/h7,9,11-12,16,19,21,27-30H,2-6,8,10,13-15,26H2,1H3;2*1H. The van der Waals surface area contributed by atoms with E-state index in [0.29, 0.717) is 5.75 Å². The molecule has 3 rings (SSSR count). The summed E-state index contributed by atoms with van der Waals surface area (Å²) in [5.41, 5.74) is 9.51. The number of phenolic OH excluding ortho intramolecular Hbond substituents is 3. The number of fused-ring (bicyclic) bond motifs is 1. The van der Waals surface area contributed by atoms with Crippen molar-refractivity contribution in [1.29, 1.82) is 0 Å². The third-order valence-electron chi connectivity index (χ3n) is 6.39. The highest BCUT2D eigenvalue weighted by molar-refractivity contribution is 5.85. The van der Waals surface area contributed by atoms with Crippen LogP contribution in [0.15, 0.2) is 30.3 Å². The first-order valence-corrected chi connectivity index (χ1v) is 11.4. The zero-order valence-electron chi connectivity index (χ0n) is 19.3. The van der Waals surface area contributed by atoms with Crippen LogP contribution in [0.5, 0.6) is 23.0 Å². The minimum Gasteiger partial charge on any atom is -0.504 e. The molecule has 6 N–H and O–H groups in total. The van der Waals surface area contributed by atoms with E-state index in [0.717, 1.165) is 68.3 Å². The van der Waals surface area contributed by atoms with Crippen LogP contribution < -0.4 is 15.8 Å². The van der Waals surface area contributed by atoms with Crippen LogP contribution in [0, 0.1) is 0 Å². The third kappa shape index (κ3) is 7.85. The van der Waals surface area contributed by atoms with Gasteiger partial charge in [0.15, 0.2) is 23.0 Å². The molecular formula is C25H38Cl2N2O4. The van der Waals surface area contributed by atoms with E-state index in [-0.39, 0.29) is 54.0 Å². The Labute approximate surface area is 209 Å². The van der Waals surface area contributed by atoms with Gasteiger partial charge in [-0.3, -0.25) is 0 Å². The highest BCUT2D eigenvalue weighted by Gasteiger charge is 2.29. The van der Waals surface area contributed by atoms with E-state index in [9.17, 15) is 15.3 Å². The molecule has 2 aromatic rings. The molecule has 0 heterocycles. The van der Waals surface area contributed by atoms with Crippen molar-refractivity contribution < 1.29 is 20.1 Å². The average Bonchev–Trinajstić information content (AvgIpc) is 2.77. The molecule has 33 heavy (non-hydrogen) atoms. The lowest BCUT2D eigenvalue weighted by molar-refractivity contribution is 0.373. The Morgan fingerprint density at radius 2 is 1.70 bits per heavy atom. The molecular weight excluding hydrogens is 463 g/mol. The number of halogens is 2. The summed E-state index contributed by atoms with van der Waals surface area (Å²) in [6, 6.07) is 9.12. The van der Waals surface area contributed by atoms with E-state index in [1.165, 1.54) is 12.8 Å². The van der Waals surface area contributed by atoms with Gasteiger partial charge in [0.2, 0.25) is 0 Å². The maximum absolute atomic E-state index is 10.2. The Balaban J connectivity index is 0.00000272. The molecule has 0 aromatic heterocycles. The molecule has 0 spiro atoms. The quantitative estimate of drug-likeness (QED) is 0.224. The van der Waals surface area contributed by atoms with Crippen LogP contribution in [-0.4, -0.2) is 41.6 Å². The van der Waals surface area contributed by atoms with E-state index in [1.807, 2.05) is 18.2 Å². The second-order valence-corrected chi connectivity index (χ2v) is 8.52. The molecule has 186 valence electrons. The number of benzene rings is 2. The molecule has 8 heteroatoms. The Kier molecular flexibility index (Phi) is 12.7. The van der Waals surface area contributed by atoms with Crippen LogP contribution in [0.25, 0.3) is 0 Å². The van der Waals surface area contributed by atoms with Gasteiger partial charge in [-0.2, -0.15) is 0 Å². The first-order chi connectivity index (χ1) is 15.0. The minimum atomic E-state index is -0.0370. The number of aromatic hydroxyl groups is 3. The Morgan fingerprint density at radius 3 is 2.45 bits per heavy atom. The molecule has 1 aliphatic carbocycles. The van der Waals surface area contributed by atoms with Crippen molar-refractivity contribution in [3.8, 4) is 23.0 Å². The number of unbranched alkanes of at least 4 members (excludes halogenated alkanes) is 3. The summed E-state index contributed by atoms with van der Waals surface area (Å²) in [5.74, 6) is 0.948. The van der Waals surface area contributed by atoms with Gasteiger partial charge < -0.3 is 31.1 Å². The highest BCUT2D eigenvalue weighted by Crippen LogP contribution is 2.42. The Hall–Kier alpha value is -1.86. The van der Waals surface area contributed by atoms with Crippen LogP contribution in [-0.2, 0) is 12.8 Å². The number of methoxy groups -OCH3 is 1. The summed E-state index contributed by atoms with van der Waals surface area (Å²) >= 11 is 0. The predicted octanol–water partition coefficient (Wildman–Crippen LogP) is 4.80. The van der Waals surface area contributed by atoms with Gasteiger partial charge in [0.1, 0.15) is 0 Å². The van der Waals surface area contributed by atoms with Crippen molar-refractivity contribution in [2.45, 2.75) is 63.3 Å². The lowest BCUT2D eigenvalue weighted by Gasteiger charge is -2.32. The predicted molar refractivity (Wildman–Crippen MR) is 138 cm³/mol. The van der Waals surface area contributed by atoms with Crippen LogP contribution in [0.1, 0.15) is 61.1 Å². The first-order valence-electron chi connectivity index (χ1n) is 11.4. The van der Waals surface area contributed by atoms with Gasteiger partial charge in [0.05, 0.1) is 7.11 Å². The van der Waals surface area contributed by atoms with Crippen molar-refractivity contribution in [3.63, 3.8) is 0 Å². The third-order valence-corrected chi connectivity index (χ3v) is 6.39. The summed E-state index contributed by atoms with van der Waals surface area (Å²) in [5, 5.41) is 33.0. The zero-order valence-corrected chi connectivity index (χ0v) is 20.9. The molecule has 0 saturated carbocycles. The largest absolute Gasteiger partial charge is 0.504 e. The maximum Gasteiger partial charge on any atom is 0.160 e. The monoisotopic (exact) mass is 500 g/mol. The van der Waals surface area contributed by atoms with E-state index >= 15 is 0 Å². The second kappa shape index (κ2) is 14.4. The number of hydrogen-bond donors (Lipinski definition) is 5. The van der Waals surface area contributed by atoms with Crippen LogP contribution in [0.4, 0.5) is 0 Å². The Morgan fingerprint density at radius 1 is 0.970 bits per heavy atom. The molecule has 2 atom stereocenters. The summed E-state index contributed by atoms with van der Waals surface area (Å²) in [4.78, 5) is 0. The second-order valence-electron chi connectivity index (χ2n) is 8.52. The lowest BCUT2D eigenvalue weighted by atomic mass is 9.76. The van der Waals surface area contributed by atoms with Gasteiger partial charge in [-0.05, 0) is 80.4 Å². The zero-order chi connectivity index (χ0) is 22.2. The molecule has 2 aromatic carbocycles. The number of hydrogen-bond acceptors (Lipinski definition) is 6. The van der Waals surface area contributed by atoms with E-state index in [1.54, 1.807) is 19.2 Å². The minimum absolute atomic E-state index is 0.